The number of benzene rings is 1. The molecule has 114 valence electrons. The molecule has 0 saturated carbocycles. The molecule has 7 heteroatoms. The highest BCUT2D eigenvalue weighted by molar-refractivity contribution is 6.17. The highest BCUT2D eigenvalue weighted by Gasteiger charge is 2.16. The number of ether oxygens (including phenoxy) is 1. The number of hydrogen-bond donors (Lipinski definition) is 0. The van der Waals surface area contributed by atoms with Crippen molar-refractivity contribution in [3.05, 3.63) is 29.6 Å². The first-order chi connectivity index (χ1) is 10.1. The number of alkyl halides is 1. The van der Waals surface area contributed by atoms with Crippen LogP contribution < -0.4 is 0 Å². The third kappa shape index (κ3) is 3.50. The van der Waals surface area contributed by atoms with Gasteiger partial charge in [-0.2, -0.15) is 0 Å². The lowest BCUT2D eigenvalue weighted by atomic mass is 10.3. The van der Waals surface area contributed by atoms with Crippen LogP contribution in [0.4, 0.5) is 8.78 Å². The Balaban J connectivity index is 2.38. The van der Waals surface area contributed by atoms with Gasteiger partial charge >= 0.3 is 5.97 Å². The Morgan fingerprint density at radius 1 is 1.43 bits per heavy atom. The van der Waals surface area contributed by atoms with Gasteiger partial charge in [0, 0.05) is 24.9 Å². The molecule has 2 aromatic rings. The van der Waals surface area contributed by atoms with E-state index in [9.17, 15) is 13.6 Å². The van der Waals surface area contributed by atoms with Crippen molar-refractivity contribution in [2.45, 2.75) is 26.3 Å². The molecule has 1 heterocycles. The van der Waals surface area contributed by atoms with Crippen LogP contribution in [0, 0.1) is 11.6 Å². The van der Waals surface area contributed by atoms with Crippen LogP contribution in [0.3, 0.4) is 0 Å². The summed E-state index contributed by atoms with van der Waals surface area (Å²) in [6.45, 7) is 2.25. The highest BCUT2D eigenvalue weighted by Crippen LogP contribution is 2.22. The maximum atomic E-state index is 13.8. The van der Waals surface area contributed by atoms with Gasteiger partial charge in [-0.25, -0.2) is 13.8 Å². The molecule has 1 aromatic heterocycles. The fourth-order valence-electron chi connectivity index (χ4n) is 2.16. The molecule has 0 aliphatic carbocycles. The van der Waals surface area contributed by atoms with E-state index in [-0.39, 0.29) is 24.5 Å². The number of halogens is 3. The van der Waals surface area contributed by atoms with E-state index in [1.54, 1.807) is 11.5 Å². The van der Waals surface area contributed by atoms with Gasteiger partial charge in [0.1, 0.15) is 17.2 Å². The Morgan fingerprint density at radius 2 is 2.19 bits per heavy atom. The number of carbonyl (C=O) groups is 1. The van der Waals surface area contributed by atoms with E-state index in [1.165, 1.54) is 6.07 Å². The number of nitrogens with zero attached hydrogens (tertiary/aromatic N) is 2. The molecular formula is C14H15ClF2N2O2. The normalized spacial score (nSPS) is 11.0. The summed E-state index contributed by atoms with van der Waals surface area (Å²) >= 11 is 5.71. The SMILES string of the molecule is CCOC(=O)CCn1c(CCCl)nc2c(F)cc(F)cc21. The van der Waals surface area contributed by atoms with Gasteiger partial charge in [-0.15, -0.1) is 11.6 Å². The average molecular weight is 317 g/mol. The molecule has 0 radical (unpaired) electrons. The van der Waals surface area contributed by atoms with E-state index in [1.807, 2.05) is 0 Å². The maximum Gasteiger partial charge on any atom is 0.307 e. The fraction of sp³-hybridized carbons (Fsp3) is 0.429. The first-order valence-electron chi connectivity index (χ1n) is 6.62. The molecule has 4 nitrogen and oxygen atoms in total. The number of esters is 1. The third-order valence-electron chi connectivity index (χ3n) is 3.01. The summed E-state index contributed by atoms with van der Waals surface area (Å²) in [5, 5.41) is 0. The van der Waals surface area contributed by atoms with Crippen molar-refractivity contribution in [2.75, 3.05) is 12.5 Å². The second-order valence-electron chi connectivity index (χ2n) is 4.43. The third-order valence-corrected chi connectivity index (χ3v) is 3.20. The number of hydrogen-bond acceptors (Lipinski definition) is 3. The molecular weight excluding hydrogens is 302 g/mol. The van der Waals surface area contributed by atoms with Gasteiger partial charge in [-0.1, -0.05) is 0 Å². The molecule has 0 aliphatic rings. The number of aryl methyl sites for hydroxylation is 2. The molecule has 21 heavy (non-hydrogen) atoms. The van der Waals surface area contributed by atoms with Crippen molar-refractivity contribution in [2.24, 2.45) is 0 Å². The molecule has 0 unspecified atom stereocenters. The minimum Gasteiger partial charge on any atom is -0.466 e. The number of aromatic nitrogens is 2. The minimum atomic E-state index is -0.726. The number of fused-ring (bicyclic) bond motifs is 1. The summed E-state index contributed by atoms with van der Waals surface area (Å²) in [5.74, 6) is -0.959. The Bertz CT molecular complexity index is 658. The predicted octanol–water partition coefficient (Wildman–Crippen LogP) is 3.05. The van der Waals surface area contributed by atoms with Crippen molar-refractivity contribution in [1.29, 1.82) is 0 Å². The molecule has 0 fully saturated rings. The Hall–Kier alpha value is -1.69. The lowest BCUT2D eigenvalue weighted by Gasteiger charge is -2.08. The van der Waals surface area contributed by atoms with Gasteiger partial charge in [0.25, 0.3) is 0 Å². The van der Waals surface area contributed by atoms with Crippen LogP contribution >= 0.6 is 11.6 Å². The Morgan fingerprint density at radius 3 is 2.86 bits per heavy atom. The average Bonchev–Trinajstić information content (AvgIpc) is 2.75. The van der Waals surface area contributed by atoms with Crippen LogP contribution in [-0.2, 0) is 22.5 Å². The fourth-order valence-corrected chi connectivity index (χ4v) is 2.33. The van der Waals surface area contributed by atoms with Crippen molar-refractivity contribution >= 4 is 28.6 Å². The molecule has 0 N–H and O–H groups in total. The first kappa shape index (κ1) is 15.7. The minimum absolute atomic E-state index is 0.0837. The van der Waals surface area contributed by atoms with Crippen LogP contribution in [-0.4, -0.2) is 28.0 Å². The zero-order valence-corrected chi connectivity index (χ0v) is 12.3. The van der Waals surface area contributed by atoms with Crippen molar-refractivity contribution in [1.82, 2.24) is 9.55 Å². The largest absolute Gasteiger partial charge is 0.466 e. The van der Waals surface area contributed by atoms with Crippen LogP contribution in [0.15, 0.2) is 12.1 Å². The van der Waals surface area contributed by atoms with Gasteiger partial charge in [0.2, 0.25) is 0 Å². The van der Waals surface area contributed by atoms with E-state index in [4.69, 9.17) is 16.3 Å². The molecule has 0 atom stereocenters. The van der Waals surface area contributed by atoms with Gasteiger partial charge in [-0.3, -0.25) is 4.79 Å². The van der Waals surface area contributed by atoms with Crippen molar-refractivity contribution in [3.63, 3.8) is 0 Å². The number of rotatable bonds is 6. The van der Waals surface area contributed by atoms with E-state index in [0.717, 1.165) is 6.07 Å². The summed E-state index contributed by atoms with van der Waals surface area (Å²) in [4.78, 5) is 15.6. The molecule has 2 rings (SSSR count). The van der Waals surface area contributed by atoms with Gasteiger partial charge in [0.15, 0.2) is 5.82 Å². The van der Waals surface area contributed by atoms with Gasteiger partial charge < -0.3 is 9.30 Å². The Kier molecular flexibility index (Phi) is 5.12. The maximum absolute atomic E-state index is 13.8. The van der Waals surface area contributed by atoms with E-state index in [0.29, 0.717) is 30.2 Å². The quantitative estimate of drug-likeness (QED) is 0.608. The molecule has 0 aliphatic heterocycles. The number of carbonyl (C=O) groups excluding carboxylic acids is 1. The van der Waals surface area contributed by atoms with Crippen LogP contribution in [0.5, 0.6) is 0 Å². The topological polar surface area (TPSA) is 44.1 Å². The summed E-state index contributed by atoms with van der Waals surface area (Å²) in [6, 6.07) is 1.99. The van der Waals surface area contributed by atoms with Crippen molar-refractivity contribution in [3.8, 4) is 0 Å². The Labute approximate surface area is 125 Å². The lowest BCUT2D eigenvalue weighted by molar-refractivity contribution is -0.143. The first-order valence-corrected chi connectivity index (χ1v) is 7.16. The second kappa shape index (κ2) is 6.85. The van der Waals surface area contributed by atoms with Crippen LogP contribution in [0.2, 0.25) is 0 Å². The van der Waals surface area contributed by atoms with Crippen LogP contribution in [0.1, 0.15) is 19.2 Å². The monoisotopic (exact) mass is 316 g/mol. The zero-order valence-electron chi connectivity index (χ0n) is 11.5. The summed E-state index contributed by atoms with van der Waals surface area (Å²) in [7, 11) is 0. The smallest absolute Gasteiger partial charge is 0.307 e. The number of imidazole rings is 1. The van der Waals surface area contributed by atoms with Gasteiger partial charge in [0.05, 0.1) is 18.5 Å². The summed E-state index contributed by atoms with van der Waals surface area (Å²) in [6.07, 6.45) is 0.507. The zero-order chi connectivity index (χ0) is 15.4. The van der Waals surface area contributed by atoms with Gasteiger partial charge in [-0.05, 0) is 13.0 Å². The molecule has 0 amide bonds. The summed E-state index contributed by atoms with van der Waals surface area (Å²) < 4.78 is 33.6. The second-order valence-corrected chi connectivity index (χ2v) is 4.81. The van der Waals surface area contributed by atoms with Crippen LogP contribution in [0.25, 0.3) is 11.0 Å². The molecule has 0 bridgehead atoms. The van der Waals surface area contributed by atoms with E-state index < -0.39 is 11.6 Å². The molecule has 0 spiro atoms. The highest BCUT2D eigenvalue weighted by atomic mass is 35.5. The lowest BCUT2D eigenvalue weighted by Crippen LogP contribution is -2.11. The standard InChI is InChI=1S/C14H15ClF2N2O2/c1-2-21-13(20)4-6-19-11-8-9(16)7-10(17)14(11)18-12(19)3-5-15/h7-8H,2-6H2,1H3. The van der Waals surface area contributed by atoms with E-state index >= 15 is 0 Å². The van der Waals surface area contributed by atoms with Crippen molar-refractivity contribution < 1.29 is 18.3 Å². The summed E-state index contributed by atoms with van der Waals surface area (Å²) in [5.41, 5.74) is 0.400. The molecule has 1 aromatic carbocycles. The van der Waals surface area contributed by atoms with E-state index in [2.05, 4.69) is 4.98 Å². The molecule has 0 saturated heterocycles. The predicted molar refractivity (Wildman–Crippen MR) is 75.3 cm³/mol.